The van der Waals surface area contributed by atoms with Crippen LogP contribution in [0.5, 0.6) is 11.5 Å². The number of esters is 1. The number of alkyl carbamates (subject to hydrolysis) is 1. The predicted molar refractivity (Wildman–Crippen MR) is 163 cm³/mol. The zero-order valence-corrected chi connectivity index (χ0v) is 25.6. The van der Waals surface area contributed by atoms with Crippen molar-refractivity contribution in [2.75, 3.05) is 12.5 Å². The number of nitrogens with zero attached hydrogens (tertiary/aromatic N) is 4. The molecule has 1 fully saturated rings. The van der Waals surface area contributed by atoms with E-state index in [4.69, 9.17) is 29.7 Å². The van der Waals surface area contributed by atoms with E-state index >= 15 is 0 Å². The van der Waals surface area contributed by atoms with E-state index in [1.165, 1.54) is 18.1 Å². The molecule has 13 heteroatoms. The summed E-state index contributed by atoms with van der Waals surface area (Å²) in [5.74, 6) is 1.17. The lowest BCUT2D eigenvalue weighted by molar-refractivity contribution is -0.151. The van der Waals surface area contributed by atoms with Crippen molar-refractivity contribution < 1.29 is 28.5 Å². The third-order valence-corrected chi connectivity index (χ3v) is 8.14. The lowest BCUT2D eigenvalue weighted by atomic mass is 10.1. The summed E-state index contributed by atoms with van der Waals surface area (Å²) in [7, 11) is 0. The summed E-state index contributed by atoms with van der Waals surface area (Å²) < 4.78 is 24.1. The molecule has 1 amide bonds. The van der Waals surface area contributed by atoms with Gasteiger partial charge in [-0.1, -0.05) is 23.9 Å². The van der Waals surface area contributed by atoms with Crippen LogP contribution in [0, 0.1) is 0 Å². The number of fused-ring (bicyclic) bond motifs is 2. The Bertz CT molecular complexity index is 1680. The van der Waals surface area contributed by atoms with Crippen molar-refractivity contribution in [3.63, 3.8) is 0 Å². The molecule has 44 heavy (non-hydrogen) atoms. The van der Waals surface area contributed by atoms with Crippen LogP contribution in [-0.4, -0.2) is 56.1 Å². The minimum atomic E-state index is -0.907. The summed E-state index contributed by atoms with van der Waals surface area (Å²) >= 11 is 1.42. The molecule has 1 atom stereocenters. The maximum atomic E-state index is 13.2. The topological polar surface area (TPSA) is 153 Å². The van der Waals surface area contributed by atoms with Gasteiger partial charge >= 0.3 is 12.1 Å². The summed E-state index contributed by atoms with van der Waals surface area (Å²) in [6.45, 7) is 5.50. The van der Waals surface area contributed by atoms with Crippen LogP contribution in [0.3, 0.4) is 0 Å². The first kappa shape index (κ1) is 29.5. The molecule has 6 rings (SSSR count). The van der Waals surface area contributed by atoms with E-state index in [0.29, 0.717) is 27.8 Å². The van der Waals surface area contributed by atoms with Gasteiger partial charge in [-0.3, -0.25) is 4.57 Å². The summed E-state index contributed by atoms with van der Waals surface area (Å²) in [4.78, 5) is 40.0. The lowest BCUT2D eigenvalue weighted by Crippen LogP contribution is -2.46. The van der Waals surface area contributed by atoms with Crippen molar-refractivity contribution in [3.8, 4) is 17.2 Å². The number of nitrogens with two attached hydrogens (primary N) is 1. The third kappa shape index (κ3) is 6.67. The number of hydrogen-bond acceptors (Lipinski definition) is 11. The van der Waals surface area contributed by atoms with Gasteiger partial charge in [0.1, 0.15) is 24.1 Å². The highest BCUT2D eigenvalue weighted by Crippen LogP contribution is 2.39. The van der Waals surface area contributed by atoms with Crippen molar-refractivity contribution in [1.82, 2.24) is 24.8 Å². The number of anilines is 1. The summed E-state index contributed by atoms with van der Waals surface area (Å²) in [5.41, 5.74) is 8.10. The van der Waals surface area contributed by atoms with Gasteiger partial charge in [-0.05, 0) is 82.3 Å². The van der Waals surface area contributed by atoms with Crippen LogP contribution < -0.4 is 20.5 Å². The van der Waals surface area contributed by atoms with Gasteiger partial charge in [0.05, 0.1) is 0 Å². The molecule has 3 N–H and O–H groups in total. The van der Waals surface area contributed by atoms with E-state index in [9.17, 15) is 9.59 Å². The number of carbonyl (C=O) groups excluding carboxylic acids is 2. The number of benzene rings is 2. The zero-order chi connectivity index (χ0) is 30.8. The van der Waals surface area contributed by atoms with E-state index < -0.39 is 23.7 Å². The Balaban J connectivity index is 1.26. The molecule has 0 saturated heterocycles. The van der Waals surface area contributed by atoms with E-state index in [-0.39, 0.29) is 25.1 Å². The van der Waals surface area contributed by atoms with Crippen LogP contribution in [-0.2, 0) is 20.7 Å². The number of amides is 1. The molecule has 2 aromatic carbocycles. The SMILES string of the molecule is CC(C)(C)OC(=O)N[C@@H](Cc1ccc(-n2c(Sc3ccc4c(c3)OCO4)nc3c(N)ncnc32)cc1)C(=O)OC1CCCC1. The summed E-state index contributed by atoms with van der Waals surface area (Å²) in [5, 5.41) is 3.35. The smallest absolute Gasteiger partial charge is 0.408 e. The fourth-order valence-electron chi connectivity index (χ4n) is 5.15. The molecular formula is C31H34N6O6S. The van der Waals surface area contributed by atoms with Crippen LogP contribution in [0.25, 0.3) is 16.9 Å². The quantitative estimate of drug-likeness (QED) is 0.251. The molecule has 3 heterocycles. The van der Waals surface area contributed by atoms with Gasteiger partial charge in [0.2, 0.25) is 6.79 Å². The Labute approximate surface area is 258 Å². The highest BCUT2D eigenvalue weighted by Gasteiger charge is 2.29. The van der Waals surface area contributed by atoms with Crippen LogP contribution >= 0.6 is 11.8 Å². The largest absolute Gasteiger partial charge is 0.461 e. The van der Waals surface area contributed by atoms with E-state index in [1.807, 2.05) is 47.0 Å². The van der Waals surface area contributed by atoms with Crippen molar-refractivity contribution in [2.24, 2.45) is 0 Å². The predicted octanol–water partition coefficient (Wildman–Crippen LogP) is 5.20. The third-order valence-electron chi connectivity index (χ3n) is 7.19. The first-order valence-electron chi connectivity index (χ1n) is 14.5. The standard InChI is InChI=1S/C31H34N6O6S/c1-31(2,3)43-30(39)35-22(28(38)42-20-6-4-5-7-20)14-18-8-10-19(11-9-18)37-27-25(26(32)33-16-34-27)36-29(37)44-21-12-13-23-24(15-21)41-17-40-23/h8-13,15-16,20,22H,4-7,14,17H2,1-3H3,(H,35,39)(H2,32,33,34)/t22-/m0/s1. The monoisotopic (exact) mass is 618 g/mol. The van der Waals surface area contributed by atoms with Gasteiger partial charge in [-0.15, -0.1) is 0 Å². The van der Waals surface area contributed by atoms with Gasteiger partial charge in [-0.2, -0.15) is 0 Å². The zero-order valence-electron chi connectivity index (χ0n) is 24.7. The highest BCUT2D eigenvalue weighted by atomic mass is 32.2. The Hall–Kier alpha value is -4.52. The number of aromatic nitrogens is 4. The van der Waals surface area contributed by atoms with Gasteiger partial charge in [0.25, 0.3) is 0 Å². The first-order chi connectivity index (χ1) is 21.1. The molecule has 1 aliphatic carbocycles. The van der Waals surface area contributed by atoms with Crippen LogP contribution in [0.4, 0.5) is 10.6 Å². The van der Waals surface area contributed by atoms with Gasteiger partial charge in [-0.25, -0.2) is 24.5 Å². The molecule has 0 spiro atoms. The second kappa shape index (κ2) is 12.2. The lowest BCUT2D eigenvalue weighted by Gasteiger charge is -2.24. The minimum absolute atomic E-state index is 0.127. The number of carbonyl (C=O) groups is 2. The number of hydrogen-bond donors (Lipinski definition) is 2. The van der Waals surface area contributed by atoms with Crippen LogP contribution in [0.15, 0.2) is 58.8 Å². The Morgan fingerprint density at radius 2 is 1.84 bits per heavy atom. The van der Waals surface area contributed by atoms with Crippen molar-refractivity contribution in [3.05, 3.63) is 54.4 Å². The van der Waals surface area contributed by atoms with E-state index in [0.717, 1.165) is 41.8 Å². The number of nitrogens with one attached hydrogen (secondary N) is 1. The molecule has 1 saturated carbocycles. The van der Waals surface area contributed by atoms with Gasteiger partial charge < -0.3 is 30.0 Å². The molecule has 0 unspecified atom stereocenters. The molecule has 4 aromatic rings. The van der Waals surface area contributed by atoms with Crippen molar-refractivity contribution in [1.29, 1.82) is 0 Å². The summed E-state index contributed by atoms with van der Waals surface area (Å²) in [6.07, 6.45) is 4.55. The molecule has 0 radical (unpaired) electrons. The van der Waals surface area contributed by atoms with Gasteiger partial charge in [0, 0.05) is 17.0 Å². The molecule has 1 aliphatic heterocycles. The Morgan fingerprint density at radius 3 is 2.59 bits per heavy atom. The first-order valence-corrected chi connectivity index (χ1v) is 15.3. The molecular weight excluding hydrogens is 584 g/mol. The van der Waals surface area contributed by atoms with Crippen molar-refractivity contribution in [2.45, 2.75) is 80.7 Å². The van der Waals surface area contributed by atoms with Gasteiger partial charge in [0.15, 0.2) is 33.6 Å². The average molecular weight is 619 g/mol. The van der Waals surface area contributed by atoms with Crippen LogP contribution in [0.2, 0.25) is 0 Å². The second-order valence-corrected chi connectivity index (χ2v) is 12.7. The molecule has 12 nitrogen and oxygen atoms in total. The fraction of sp³-hybridized carbons (Fsp3) is 0.387. The molecule has 2 aliphatic rings. The number of imidazole rings is 1. The van der Waals surface area contributed by atoms with Crippen molar-refractivity contribution >= 4 is 40.8 Å². The Kier molecular flexibility index (Phi) is 8.21. The number of rotatable bonds is 8. The fourth-order valence-corrected chi connectivity index (χ4v) is 6.08. The van der Waals surface area contributed by atoms with E-state index in [2.05, 4.69) is 15.3 Å². The summed E-state index contributed by atoms with van der Waals surface area (Å²) in [6, 6.07) is 12.4. The number of nitrogen functional groups attached to an aromatic ring is 1. The molecule has 2 aromatic heterocycles. The second-order valence-electron chi connectivity index (χ2n) is 11.7. The average Bonchev–Trinajstić information content (AvgIpc) is 3.73. The van der Waals surface area contributed by atoms with E-state index in [1.54, 1.807) is 20.8 Å². The maximum absolute atomic E-state index is 13.2. The van der Waals surface area contributed by atoms with Crippen LogP contribution in [0.1, 0.15) is 52.0 Å². The minimum Gasteiger partial charge on any atom is -0.461 e. The Morgan fingerprint density at radius 1 is 1.09 bits per heavy atom. The molecule has 230 valence electrons. The normalized spacial score (nSPS) is 15.3. The maximum Gasteiger partial charge on any atom is 0.408 e. The molecule has 0 bridgehead atoms. The number of ether oxygens (including phenoxy) is 4. The highest BCUT2D eigenvalue weighted by molar-refractivity contribution is 7.99.